The van der Waals surface area contributed by atoms with Crippen LogP contribution in [0, 0.1) is 11.3 Å². The largest absolute Gasteiger partial charge is 0.481 e. The quantitative estimate of drug-likeness (QED) is 0.403. The molecule has 1 N–H and O–H groups in total. The van der Waals surface area contributed by atoms with Gasteiger partial charge in [-0.05, 0) is 35.8 Å². The molecular weight excluding hydrogens is 544 g/mol. The van der Waals surface area contributed by atoms with E-state index in [2.05, 4.69) is 46.6 Å². The molecule has 5 rings (SSSR count). The summed E-state index contributed by atoms with van der Waals surface area (Å²) in [5.41, 5.74) is 3.76. The minimum atomic E-state index is -0.804. The van der Waals surface area contributed by atoms with Crippen LogP contribution in [0.25, 0.3) is 0 Å². The van der Waals surface area contributed by atoms with Gasteiger partial charge >= 0.3 is 5.97 Å². The number of pyridine rings is 2. The summed E-state index contributed by atoms with van der Waals surface area (Å²) in [5.74, 6) is 1.08. The van der Waals surface area contributed by atoms with E-state index >= 15 is 0 Å². The summed E-state index contributed by atoms with van der Waals surface area (Å²) < 4.78 is 17.4. The Morgan fingerprint density at radius 1 is 1.10 bits per heavy atom. The van der Waals surface area contributed by atoms with Gasteiger partial charge in [-0.15, -0.1) is 12.4 Å². The number of carboxylic acid groups (broad SMARTS) is 1. The monoisotopic (exact) mass is 588 g/mol. The standard InChI is InChI=1S/C31H44N4O5.ClH/c1-20-25(16-30(36)37)35(19-27(20)38-4)21-8-9-28(32-17-21)40-22-10-13-34(14-11-22)26-15-29(39-5)33-18-23(26)24-7-6-12-31(24,2)3;/h8-9,15,17-18,20,22,24-25,27H,6-7,10-14,16,19H2,1-5H3,(H,36,37);1H/t20-,24?,25-,27-;/m0./s1. The first-order valence-electron chi connectivity index (χ1n) is 14.6. The molecule has 4 atom stereocenters. The van der Waals surface area contributed by atoms with Gasteiger partial charge in [0.05, 0.1) is 31.5 Å². The van der Waals surface area contributed by atoms with E-state index < -0.39 is 5.97 Å². The van der Waals surface area contributed by atoms with Crippen LogP contribution in [0.3, 0.4) is 0 Å². The number of aliphatic carboxylic acids is 1. The number of nitrogens with zero attached hydrogens (tertiary/aromatic N) is 4. The molecule has 0 aromatic carbocycles. The lowest BCUT2D eigenvalue weighted by atomic mass is 9.77. The Bertz CT molecular complexity index is 1170. The SMILES string of the molecule is COc1cc(N2CCC(Oc3ccc(N4C[C@H](OC)[C@@H](C)[C@@H]4CC(=O)O)cn3)CC2)c(C2CCCC2(C)C)cn1.Cl. The fourth-order valence-electron chi connectivity index (χ4n) is 7.08. The van der Waals surface area contributed by atoms with Gasteiger partial charge in [0.25, 0.3) is 0 Å². The third-order valence-electron chi connectivity index (χ3n) is 9.51. The lowest BCUT2D eigenvalue weighted by molar-refractivity contribution is -0.137. The van der Waals surface area contributed by atoms with Gasteiger partial charge in [-0.2, -0.15) is 0 Å². The average molecular weight is 589 g/mol. The van der Waals surface area contributed by atoms with Gasteiger partial charge in [0.1, 0.15) is 6.10 Å². The molecule has 4 heterocycles. The van der Waals surface area contributed by atoms with Crippen LogP contribution in [0.4, 0.5) is 11.4 Å². The maximum atomic E-state index is 11.5. The van der Waals surface area contributed by atoms with Crippen molar-refractivity contribution in [3.8, 4) is 11.8 Å². The molecule has 2 saturated heterocycles. The summed E-state index contributed by atoms with van der Waals surface area (Å²) in [6.07, 6.45) is 9.50. The number of hydrogen-bond donors (Lipinski definition) is 1. The Labute approximate surface area is 250 Å². The van der Waals surface area contributed by atoms with Crippen molar-refractivity contribution in [1.82, 2.24) is 9.97 Å². The van der Waals surface area contributed by atoms with Crippen LogP contribution in [-0.2, 0) is 9.53 Å². The van der Waals surface area contributed by atoms with Crippen LogP contribution in [0.5, 0.6) is 11.8 Å². The predicted octanol–water partition coefficient (Wildman–Crippen LogP) is 5.56. The first-order chi connectivity index (χ1) is 19.2. The van der Waals surface area contributed by atoms with E-state index in [1.54, 1.807) is 20.4 Å². The third kappa shape index (κ3) is 6.67. The molecule has 3 aliphatic rings. The number of piperidine rings is 1. The lowest BCUT2D eigenvalue weighted by Gasteiger charge is -2.37. The Morgan fingerprint density at radius 2 is 1.83 bits per heavy atom. The van der Waals surface area contributed by atoms with E-state index in [1.807, 2.05) is 18.3 Å². The van der Waals surface area contributed by atoms with Gasteiger partial charge in [-0.25, -0.2) is 9.97 Å². The van der Waals surface area contributed by atoms with Gasteiger partial charge in [0.15, 0.2) is 0 Å². The molecule has 1 unspecified atom stereocenters. The second-order valence-corrected chi connectivity index (χ2v) is 12.3. The number of aromatic nitrogens is 2. The second kappa shape index (κ2) is 13.0. The number of hydrogen-bond acceptors (Lipinski definition) is 8. The lowest BCUT2D eigenvalue weighted by Crippen LogP contribution is -2.39. The fraction of sp³-hybridized carbons (Fsp3) is 0.645. The van der Waals surface area contributed by atoms with E-state index in [0.717, 1.165) is 31.6 Å². The topological polar surface area (TPSA) is 97.2 Å². The van der Waals surface area contributed by atoms with E-state index in [-0.39, 0.29) is 48.4 Å². The van der Waals surface area contributed by atoms with E-state index in [4.69, 9.17) is 14.2 Å². The maximum absolute atomic E-state index is 11.5. The van der Waals surface area contributed by atoms with Crippen molar-refractivity contribution in [2.75, 3.05) is 43.7 Å². The normalized spacial score (nSPS) is 26.1. The first-order valence-corrected chi connectivity index (χ1v) is 14.6. The summed E-state index contributed by atoms with van der Waals surface area (Å²) >= 11 is 0. The van der Waals surface area contributed by atoms with Crippen LogP contribution in [0.1, 0.15) is 70.8 Å². The zero-order valence-electron chi connectivity index (χ0n) is 24.9. The molecule has 9 nitrogen and oxygen atoms in total. The molecule has 2 aromatic heterocycles. The smallest absolute Gasteiger partial charge is 0.305 e. The Kier molecular flexibility index (Phi) is 9.90. The molecule has 1 saturated carbocycles. The number of carboxylic acids is 1. The number of carbonyl (C=O) groups is 1. The van der Waals surface area contributed by atoms with Crippen LogP contribution >= 0.6 is 12.4 Å². The van der Waals surface area contributed by atoms with Gasteiger partial charge in [-0.1, -0.05) is 27.2 Å². The van der Waals surface area contributed by atoms with Crippen molar-refractivity contribution in [1.29, 1.82) is 0 Å². The van der Waals surface area contributed by atoms with Crippen LogP contribution in [0.2, 0.25) is 0 Å². The molecule has 2 aliphatic heterocycles. The van der Waals surface area contributed by atoms with Crippen molar-refractivity contribution in [2.24, 2.45) is 11.3 Å². The van der Waals surface area contributed by atoms with Crippen LogP contribution < -0.4 is 19.3 Å². The molecule has 2 aromatic rings. The predicted molar refractivity (Wildman–Crippen MR) is 162 cm³/mol. The molecule has 10 heteroatoms. The highest BCUT2D eigenvalue weighted by atomic mass is 35.5. The first kappa shape index (κ1) is 31.2. The molecule has 0 spiro atoms. The number of halogens is 1. The van der Waals surface area contributed by atoms with Crippen molar-refractivity contribution >= 4 is 29.8 Å². The molecule has 3 fully saturated rings. The third-order valence-corrected chi connectivity index (χ3v) is 9.51. The van der Waals surface area contributed by atoms with E-state index in [9.17, 15) is 9.90 Å². The summed E-state index contributed by atoms with van der Waals surface area (Å²) in [6.45, 7) is 9.26. The molecule has 41 heavy (non-hydrogen) atoms. The summed E-state index contributed by atoms with van der Waals surface area (Å²) in [7, 11) is 3.36. The highest BCUT2D eigenvalue weighted by Gasteiger charge is 2.41. The molecule has 1 aliphatic carbocycles. The second-order valence-electron chi connectivity index (χ2n) is 12.3. The maximum Gasteiger partial charge on any atom is 0.305 e. The van der Waals surface area contributed by atoms with Crippen molar-refractivity contribution in [3.05, 3.63) is 36.2 Å². The van der Waals surface area contributed by atoms with Gasteiger partial charge < -0.3 is 29.1 Å². The van der Waals surface area contributed by atoms with Crippen molar-refractivity contribution < 1.29 is 24.1 Å². The van der Waals surface area contributed by atoms with E-state index in [0.29, 0.717) is 24.2 Å². The Morgan fingerprint density at radius 3 is 2.41 bits per heavy atom. The summed E-state index contributed by atoms with van der Waals surface area (Å²) in [5, 5.41) is 9.44. The van der Waals surface area contributed by atoms with Crippen molar-refractivity contribution in [2.45, 2.75) is 83.5 Å². The highest BCUT2D eigenvalue weighted by Crippen LogP contribution is 2.51. The number of ether oxygens (including phenoxy) is 3. The minimum Gasteiger partial charge on any atom is -0.481 e. The summed E-state index contributed by atoms with van der Waals surface area (Å²) in [6, 6.07) is 5.86. The molecule has 0 amide bonds. The van der Waals surface area contributed by atoms with Crippen LogP contribution in [0.15, 0.2) is 30.6 Å². The summed E-state index contributed by atoms with van der Waals surface area (Å²) in [4.78, 5) is 25.2. The number of rotatable bonds is 9. The Hall–Kier alpha value is -2.78. The zero-order chi connectivity index (χ0) is 28.4. The zero-order valence-corrected chi connectivity index (χ0v) is 25.7. The fourth-order valence-corrected chi connectivity index (χ4v) is 7.08. The number of methoxy groups -OCH3 is 2. The van der Waals surface area contributed by atoms with Gasteiger partial charge in [-0.3, -0.25) is 4.79 Å². The highest BCUT2D eigenvalue weighted by molar-refractivity contribution is 5.85. The van der Waals surface area contributed by atoms with Crippen LogP contribution in [-0.4, -0.2) is 73.1 Å². The van der Waals surface area contributed by atoms with Crippen molar-refractivity contribution in [3.63, 3.8) is 0 Å². The molecular formula is C31H45ClN4O5. The minimum absolute atomic E-state index is 0. The Balaban J connectivity index is 0.00000387. The molecule has 0 bridgehead atoms. The van der Waals surface area contributed by atoms with E-state index in [1.165, 1.54) is 30.5 Å². The molecule has 226 valence electrons. The average Bonchev–Trinajstić information content (AvgIpc) is 3.46. The van der Waals surface area contributed by atoms with Gasteiger partial charge in [0, 0.05) is 75.6 Å². The number of anilines is 2. The van der Waals surface area contributed by atoms with Gasteiger partial charge in [0.2, 0.25) is 11.8 Å². The molecule has 0 radical (unpaired) electrons.